The first-order valence-electron chi connectivity index (χ1n) is 11.0. The zero-order valence-corrected chi connectivity index (χ0v) is 21.3. The van der Waals surface area contributed by atoms with Gasteiger partial charge in [0.05, 0.1) is 22.0 Å². The molecule has 2 amide bonds. The third kappa shape index (κ3) is 9.03. The number of pyridine rings is 1. The van der Waals surface area contributed by atoms with Crippen LogP contribution in [-0.4, -0.2) is 35.4 Å². The van der Waals surface area contributed by atoms with Gasteiger partial charge in [0.1, 0.15) is 11.4 Å². The monoisotopic (exact) mass is 498 g/mol. The second-order valence-corrected chi connectivity index (χ2v) is 9.17. The first kappa shape index (κ1) is 27.8. The fraction of sp³-hybridized carbons (Fsp3) is 0.269. The highest BCUT2D eigenvalue weighted by atomic mass is 32.2. The number of nitrogens with zero attached hydrogens (tertiary/aromatic N) is 1. The van der Waals surface area contributed by atoms with Gasteiger partial charge in [-0.25, -0.2) is 14.2 Å². The Labute approximate surface area is 209 Å². The highest BCUT2D eigenvalue weighted by molar-refractivity contribution is 7.98. The molecule has 1 heterocycles. The molecule has 0 spiro atoms. The van der Waals surface area contributed by atoms with E-state index in [1.807, 2.05) is 13.2 Å². The lowest BCUT2D eigenvalue weighted by atomic mass is 10.0. The van der Waals surface area contributed by atoms with Crippen LogP contribution in [0.5, 0.6) is 0 Å². The summed E-state index contributed by atoms with van der Waals surface area (Å²) in [4.78, 5) is 29.3. The van der Waals surface area contributed by atoms with Crippen molar-refractivity contribution < 1.29 is 18.7 Å². The molecular formula is C26H31FN4O3S. The Morgan fingerprint density at radius 2 is 1.63 bits per heavy atom. The van der Waals surface area contributed by atoms with Crippen molar-refractivity contribution in [2.45, 2.75) is 38.3 Å². The number of aromatic nitrogens is 1. The van der Waals surface area contributed by atoms with Crippen LogP contribution >= 0.6 is 11.8 Å². The molecule has 0 atom stereocenters. The maximum Gasteiger partial charge on any atom is 0.412 e. The maximum absolute atomic E-state index is 13.3. The molecule has 3 rings (SSSR count). The van der Waals surface area contributed by atoms with E-state index in [9.17, 15) is 14.0 Å². The van der Waals surface area contributed by atoms with Crippen LogP contribution < -0.4 is 16.4 Å². The zero-order valence-electron chi connectivity index (χ0n) is 20.5. The second kappa shape index (κ2) is 12.9. The number of carbonyl (C=O) groups excluding carboxylic acids is 2. The Balaban J connectivity index is 0.00000137. The van der Waals surface area contributed by atoms with Gasteiger partial charge in [0.2, 0.25) is 0 Å². The van der Waals surface area contributed by atoms with Gasteiger partial charge in [-0.2, -0.15) is 0 Å². The number of anilines is 2. The van der Waals surface area contributed by atoms with Gasteiger partial charge >= 0.3 is 6.09 Å². The molecule has 0 unspecified atom stereocenters. The lowest BCUT2D eigenvalue weighted by molar-refractivity contribution is 0.0635. The van der Waals surface area contributed by atoms with Gasteiger partial charge < -0.3 is 15.8 Å². The fourth-order valence-electron chi connectivity index (χ4n) is 2.82. The van der Waals surface area contributed by atoms with E-state index in [1.54, 1.807) is 63.2 Å². The molecule has 0 saturated carbocycles. The van der Waals surface area contributed by atoms with Crippen LogP contribution in [-0.2, 0) is 4.74 Å². The van der Waals surface area contributed by atoms with Crippen molar-refractivity contribution in [3.05, 3.63) is 72.2 Å². The molecule has 0 aliphatic heterocycles. The Bertz CT molecular complexity index is 1130. The first-order chi connectivity index (χ1) is 16.6. The van der Waals surface area contributed by atoms with E-state index >= 15 is 0 Å². The molecule has 3 aromatic rings. The minimum Gasteiger partial charge on any atom is -0.444 e. The van der Waals surface area contributed by atoms with E-state index in [1.165, 1.54) is 30.1 Å². The van der Waals surface area contributed by atoms with Crippen molar-refractivity contribution in [1.82, 2.24) is 4.98 Å². The van der Waals surface area contributed by atoms with E-state index in [-0.39, 0.29) is 11.7 Å². The largest absolute Gasteiger partial charge is 0.444 e. The number of benzene rings is 2. The van der Waals surface area contributed by atoms with E-state index in [4.69, 9.17) is 10.5 Å². The molecular weight excluding hydrogens is 467 g/mol. The summed E-state index contributed by atoms with van der Waals surface area (Å²) in [6, 6.07) is 14.6. The van der Waals surface area contributed by atoms with Crippen molar-refractivity contribution in [3.63, 3.8) is 0 Å². The van der Waals surface area contributed by atoms with E-state index in [2.05, 4.69) is 15.6 Å². The van der Waals surface area contributed by atoms with E-state index < -0.39 is 11.7 Å². The lowest BCUT2D eigenvalue weighted by Crippen LogP contribution is -2.27. The Morgan fingerprint density at radius 1 is 1.00 bits per heavy atom. The molecule has 0 saturated heterocycles. The summed E-state index contributed by atoms with van der Waals surface area (Å²) < 4.78 is 18.6. The summed E-state index contributed by atoms with van der Waals surface area (Å²) in [5.41, 5.74) is 6.79. The topological polar surface area (TPSA) is 106 Å². The third-order valence-corrected chi connectivity index (χ3v) is 4.95. The lowest BCUT2D eigenvalue weighted by Gasteiger charge is -2.21. The molecule has 0 radical (unpaired) electrons. The molecule has 186 valence electrons. The molecule has 2 aromatic carbocycles. The van der Waals surface area contributed by atoms with Gasteiger partial charge in [0, 0.05) is 6.20 Å². The number of ether oxygens (including phenoxy) is 1. The number of halogens is 1. The van der Waals surface area contributed by atoms with Crippen molar-refractivity contribution in [2.24, 2.45) is 5.73 Å². The molecule has 9 heteroatoms. The Morgan fingerprint density at radius 3 is 2.17 bits per heavy atom. The molecule has 4 N–H and O–H groups in total. The van der Waals surface area contributed by atoms with Crippen LogP contribution in [0.1, 0.15) is 38.1 Å². The van der Waals surface area contributed by atoms with Crippen LogP contribution in [0.25, 0.3) is 11.1 Å². The van der Waals surface area contributed by atoms with Gasteiger partial charge in [-0.05, 0) is 81.1 Å². The smallest absolute Gasteiger partial charge is 0.412 e. The van der Waals surface area contributed by atoms with Gasteiger partial charge in [-0.1, -0.05) is 25.1 Å². The zero-order chi connectivity index (χ0) is 26.0. The van der Waals surface area contributed by atoms with Crippen molar-refractivity contribution >= 4 is 35.1 Å². The van der Waals surface area contributed by atoms with Gasteiger partial charge in [0.25, 0.3) is 5.91 Å². The van der Waals surface area contributed by atoms with Crippen LogP contribution in [0.4, 0.5) is 20.6 Å². The second-order valence-electron chi connectivity index (χ2n) is 8.35. The predicted molar refractivity (Wildman–Crippen MR) is 140 cm³/mol. The fourth-order valence-corrected chi connectivity index (χ4v) is 3.18. The molecule has 7 nitrogen and oxygen atoms in total. The maximum atomic E-state index is 13.3. The average molecular weight is 499 g/mol. The minimum atomic E-state index is -0.674. The van der Waals surface area contributed by atoms with E-state index in [0.29, 0.717) is 16.9 Å². The summed E-state index contributed by atoms with van der Waals surface area (Å²) >= 11 is 1.48. The number of amides is 2. The number of thioether (sulfide) groups is 1. The highest BCUT2D eigenvalue weighted by Gasteiger charge is 2.18. The predicted octanol–water partition coefficient (Wildman–Crippen LogP) is 6.17. The summed E-state index contributed by atoms with van der Waals surface area (Å²) in [6.07, 6.45) is 2.75. The standard InChI is InChI=1S/C24H24FN3O3S.C2H7N/c1-24(2,3)31-23(30)28-19-11-7-16(15-5-9-18(25)10-6-15)13-20(19)27-22(29)17-8-12-21(32-4)26-14-17;1-2-3/h5-14H,1-4H3,(H,27,29)(H,28,30);2-3H2,1H3. The van der Waals surface area contributed by atoms with Crippen LogP contribution in [0.3, 0.4) is 0 Å². The summed E-state index contributed by atoms with van der Waals surface area (Å²) in [5.74, 6) is -0.722. The average Bonchev–Trinajstić information content (AvgIpc) is 2.80. The van der Waals surface area contributed by atoms with Gasteiger partial charge in [-0.3, -0.25) is 10.1 Å². The minimum absolute atomic E-state index is 0.341. The molecule has 0 aliphatic carbocycles. The van der Waals surface area contributed by atoms with Crippen molar-refractivity contribution in [2.75, 3.05) is 23.4 Å². The molecule has 35 heavy (non-hydrogen) atoms. The van der Waals surface area contributed by atoms with Crippen molar-refractivity contribution in [3.8, 4) is 11.1 Å². The highest BCUT2D eigenvalue weighted by Crippen LogP contribution is 2.30. The molecule has 0 bridgehead atoms. The number of rotatable bonds is 5. The number of carbonyl (C=O) groups is 2. The SMILES string of the molecule is CCN.CSc1ccc(C(=O)Nc2cc(-c3ccc(F)cc3)ccc2NC(=O)OC(C)(C)C)cn1. The number of nitrogens with one attached hydrogen (secondary N) is 2. The molecule has 1 aromatic heterocycles. The summed E-state index contributed by atoms with van der Waals surface area (Å²) in [5, 5.41) is 6.30. The normalized spacial score (nSPS) is 10.6. The van der Waals surface area contributed by atoms with Crippen LogP contribution in [0.2, 0.25) is 0 Å². The summed E-state index contributed by atoms with van der Waals surface area (Å²) in [7, 11) is 0. The summed E-state index contributed by atoms with van der Waals surface area (Å²) in [6.45, 7) is 7.94. The number of hydrogen-bond donors (Lipinski definition) is 3. The van der Waals surface area contributed by atoms with Gasteiger partial charge in [-0.15, -0.1) is 11.8 Å². The quantitative estimate of drug-likeness (QED) is 0.363. The van der Waals surface area contributed by atoms with E-state index in [0.717, 1.165) is 22.7 Å². The molecule has 0 aliphatic rings. The first-order valence-corrected chi connectivity index (χ1v) is 12.2. The number of hydrogen-bond acceptors (Lipinski definition) is 6. The third-order valence-electron chi connectivity index (χ3n) is 4.29. The Kier molecular flexibility index (Phi) is 10.2. The molecule has 0 fully saturated rings. The van der Waals surface area contributed by atoms with Crippen LogP contribution in [0.15, 0.2) is 65.8 Å². The number of nitrogens with two attached hydrogens (primary N) is 1. The Hall–Kier alpha value is -3.43. The van der Waals surface area contributed by atoms with Gasteiger partial charge in [0.15, 0.2) is 0 Å². The van der Waals surface area contributed by atoms with Crippen LogP contribution in [0, 0.1) is 5.82 Å². The van der Waals surface area contributed by atoms with Crippen molar-refractivity contribution in [1.29, 1.82) is 0 Å².